The molecule has 2 nitrogen and oxygen atoms in total. The molecule has 1 heterocycles. The number of carbonyl (C=O) groups is 1. The number of halogens is 2. The minimum absolute atomic E-state index is 0.178. The van der Waals surface area contributed by atoms with Crippen LogP contribution in [0.5, 0.6) is 0 Å². The van der Waals surface area contributed by atoms with E-state index in [1.165, 1.54) is 0 Å². The van der Waals surface area contributed by atoms with Gasteiger partial charge in [-0.25, -0.2) is 0 Å². The highest BCUT2D eigenvalue weighted by Crippen LogP contribution is 2.27. The van der Waals surface area contributed by atoms with E-state index in [1.807, 2.05) is 12.1 Å². The van der Waals surface area contributed by atoms with Crippen LogP contribution in [0.2, 0.25) is 10.0 Å². The lowest BCUT2D eigenvalue weighted by atomic mass is 9.94. The van der Waals surface area contributed by atoms with Gasteiger partial charge in [0.2, 0.25) is 0 Å². The summed E-state index contributed by atoms with van der Waals surface area (Å²) in [6, 6.07) is 5.70. The van der Waals surface area contributed by atoms with Crippen molar-refractivity contribution in [1.82, 2.24) is 4.90 Å². The average molecular weight is 286 g/mol. The number of carbonyl (C=O) groups excluding carboxylic acids is 1. The number of benzene rings is 1. The molecule has 0 bridgehead atoms. The minimum Gasteiger partial charge on any atom is -0.299 e. The summed E-state index contributed by atoms with van der Waals surface area (Å²) in [6.45, 7) is 4.48. The van der Waals surface area contributed by atoms with Crippen LogP contribution in [0.4, 0.5) is 0 Å². The highest BCUT2D eigenvalue weighted by Gasteiger charge is 2.25. The van der Waals surface area contributed by atoms with Gasteiger partial charge in [0.15, 0.2) is 0 Å². The van der Waals surface area contributed by atoms with Crippen molar-refractivity contribution in [2.75, 3.05) is 13.1 Å². The second kappa shape index (κ2) is 6.05. The topological polar surface area (TPSA) is 20.3 Å². The van der Waals surface area contributed by atoms with Gasteiger partial charge in [0.1, 0.15) is 5.78 Å². The van der Waals surface area contributed by atoms with E-state index in [0.29, 0.717) is 22.2 Å². The van der Waals surface area contributed by atoms with E-state index in [9.17, 15) is 4.79 Å². The predicted molar refractivity (Wildman–Crippen MR) is 75.1 cm³/mol. The lowest BCUT2D eigenvalue weighted by Gasteiger charge is -2.31. The first-order valence-corrected chi connectivity index (χ1v) is 7.05. The number of Topliss-reactive ketones (excluding diaryl/α,β-unsaturated/α-hetero) is 1. The SMILES string of the molecule is CCC1CN(Cc2cccc(Cl)c2Cl)CCC1=O. The summed E-state index contributed by atoms with van der Waals surface area (Å²) < 4.78 is 0. The zero-order valence-corrected chi connectivity index (χ0v) is 12.0. The highest BCUT2D eigenvalue weighted by molar-refractivity contribution is 6.42. The van der Waals surface area contributed by atoms with Gasteiger partial charge in [-0.1, -0.05) is 42.3 Å². The first-order valence-electron chi connectivity index (χ1n) is 6.29. The summed E-state index contributed by atoms with van der Waals surface area (Å²) in [5.74, 6) is 0.572. The third-order valence-electron chi connectivity index (χ3n) is 3.53. The van der Waals surface area contributed by atoms with Gasteiger partial charge in [0, 0.05) is 32.0 Å². The lowest BCUT2D eigenvalue weighted by Crippen LogP contribution is -2.40. The fourth-order valence-corrected chi connectivity index (χ4v) is 2.77. The molecule has 1 saturated heterocycles. The van der Waals surface area contributed by atoms with E-state index in [4.69, 9.17) is 23.2 Å². The van der Waals surface area contributed by atoms with Gasteiger partial charge in [-0.3, -0.25) is 9.69 Å². The molecule has 18 heavy (non-hydrogen) atoms. The van der Waals surface area contributed by atoms with Gasteiger partial charge in [0.25, 0.3) is 0 Å². The summed E-state index contributed by atoms with van der Waals surface area (Å²) in [6.07, 6.45) is 1.56. The molecule has 1 unspecified atom stereocenters. The first kappa shape index (κ1) is 13.9. The molecule has 1 atom stereocenters. The Kier molecular flexibility index (Phi) is 4.66. The van der Waals surface area contributed by atoms with Gasteiger partial charge in [-0.05, 0) is 18.1 Å². The Balaban J connectivity index is 2.06. The molecule has 1 aliphatic rings. The molecule has 0 spiro atoms. The van der Waals surface area contributed by atoms with Crippen LogP contribution in [-0.2, 0) is 11.3 Å². The van der Waals surface area contributed by atoms with Gasteiger partial charge in [-0.15, -0.1) is 0 Å². The third kappa shape index (κ3) is 3.05. The number of likely N-dealkylation sites (tertiary alicyclic amines) is 1. The Hall–Kier alpha value is -0.570. The zero-order chi connectivity index (χ0) is 13.1. The van der Waals surface area contributed by atoms with Crippen LogP contribution >= 0.6 is 23.2 Å². The molecule has 1 fully saturated rings. The monoisotopic (exact) mass is 285 g/mol. The summed E-state index contributed by atoms with van der Waals surface area (Å²) in [4.78, 5) is 14.0. The second-order valence-corrected chi connectivity index (χ2v) is 5.55. The van der Waals surface area contributed by atoms with E-state index < -0.39 is 0 Å². The van der Waals surface area contributed by atoms with Gasteiger partial charge in [-0.2, -0.15) is 0 Å². The second-order valence-electron chi connectivity index (χ2n) is 4.77. The number of hydrogen-bond donors (Lipinski definition) is 0. The van der Waals surface area contributed by atoms with Gasteiger partial charge in [0.05, 0.1) is 10.0 Å². The molecule has 0 aliphatic carbocycles. The van der Waals surface area contributed by atoms with E-state index >= 15 is 0 Å². The number of rotatable bonds is 3. The molecule has 4 heteroatoms. The van der Waals surface area contributed by atoms with Crippen molar-refractivity contribution in [2.24, 2.45) is 5.92 Å². The summed E-state index contributed by atoms with van der Waals surface area (Å²) in [7, 11) is 0. The number of ketones is 1. The molecular weight excluding hydrogens is 269 g/mol. The molecule has 0 amide bonds. The quantitative estimate of drug-likeness (QED) is 0.842. The summed E-state index contributed by atoms with van der Waals surface area (Å²) in [5, 5.41) is 1.22. The Morgan fingerprint density at radius 3 is 2.89 bits per heavy atom. The van der Waals surface area contributed by atoms with Crippen molar-refractivity contribution >= 4 is 29.0 Å². The third-order valence-corrected chi connectivity index (χ3v) is 4.38. The van der Waals surface area contributed by atoms with Crippen LogP contribution in [0.1, 0.15) is 25.3 Å². The smallest absolute Gasteiger partial charge is 0.138 e. The number of nitrogens with zero attached hydrogens (tertiary/aromatic N) is 1. The predicted octanol–water partition coefficient (Wildman–Crippen LogP) is 3.79. The molecule has 1 aromatic rings. The van der Waals surface area contributed by atoms with E-state index in [2.05, 4.69) is 11.8 Å². The minimum atomic E-state index is 0.178. The molecule has 0 saturated carbocycles. The van der Waals surface area contributed by atoms with E-state index in [0.717, 1.165) is 31.6 Å². The molecule has 1 aromatic carbocycles. The summed E-state index contributed by atoms with van der Waals surface area (Å²) >= 11 is 12.2. The van der Waals surface area contributed by atoms with Crippen molar-refractivity contribution in [3.8, 4) is 0 Å². The Morgan fingerprint density at radius 2 is 2.17 bits per heavy atom. The van der Waals surface area contributed by atoms with Crippen molar-refractivity contribution in [2.45, 2.75) is 26.3 Å². The fourth-order valence-electron chi connectivity index (χ4n) is 2.39. The van der Waals surface area contributed by atoms with E-state index in [1.54, 1.807) is 6.07 Å². The van der Waals surface area contributed by atoms with Crippen LogP contribution in [0.3, 0.4) is 0 Å². The van der Waals surface area contributed by atoms with Crippen LogP contribution in [-0.4, -0.2) is 23.8 Å². The van der Waals surface area contributed by atoms with Gasteiger partial charge < -0.3 is 0 Å². The van der Waals surface area contributed by atoms with Crippen molar-refractivity contribution < 1.29 is 4.79 Å². The first-order chi connectivity index (χ1) is 8.61. The van der Waals surface area contributed by atoms with Crippen molar-refractivity contribution in [3.05, 3.63) is 33.8 Å². The van der Waals surface area contributed by atoms with Crippen LogP contribution in [0, 0.1) is 5.92 Å². The van der Waals surface area contributed by atoms with Crippen LogP contribution < -0.4 is 0 Å². The lowest BCUT2D eigenvalue weighted by molar-refractivity contribution is -0.126. The Labute approximate surface area is 118 Å². The van der Waals surface area contributed by atoms with Crippen molar-refractivity contribution in [3.63, 3.8) is 0 Å². The van der Waals surface area contributed by atoms with Crippen LogP contribution in [0.15, 0.2) is 18.2 Å². The fraction of sp³-hybridized carbons (Fsp3) is 0.500. The average Bonchev–Trinajstić information content (AvgIpc) is 2.37. The summed E-state index contributed by atoms with van der Waals surface area (Å²) in [5.41, 5.74) is 1.04. The number of piperidine rings is 1. The van der Waals surface area contributed by atoms with Gasteiger partial charge >= 0.3 is 0 Å². The van der Waals surface area contributed by atoms with Crippen LogP contribution in [0.25, 0.3) is 0 Å². The highest BCUT2D eigenvalue weighted by atomic mass is 35.5. The molecule has 1 aliphatic heterocycles. The maximum Gasteiger partial charge on any atom is 0.138 e. The molecule has 0 aromatic heterocycles. The molecule has 0 N–H and O–H groups in total. The Bertz CT molecular complexity index is 447. The van der Waals surface area contributed by atoms with Crippen molar-refractivity contribution in [1.29, 1.82) is 0 Å². The normalized spacial score (nSPS) is 21.3. The molecule has 0 radical (unpaired) electrons. The molecular formula is C14H17Cl2NO. The Morgan fingerprint density at radius 1 is 1.39 bits per heavy atom. The molecule has 2 rings (SSSR count). The zero-order valence-electron chi connectivity index (χ0n) is 10.5. The molecule has 98 valence electrons. The maximum absolute atomic E-state index is 11.7. The standard InChI is InChI=1S/C14H17Cl2NO/c1-2-10-8-17(7-6-13(10)18)9-11-4-3-5-12(15)14(11)16/h3-5,10H,2,6-9H2,1H3. The maximum atomic E-state index is 11.7. The largest absolute Gasteiger partial charge is 0.299 e. The number of hydrogen-bond acceptors (Lipinski definition) is 2. The van der Waals surface area contributed by atoms with E-state index in [-0.39, 0.29) is 5.92 Å².